The molecule has 0 aliphatic heterocycles. The number of hydrogen-bond donors (Lipinski definition) is 1. The van der Waals surface area contributed by atoms with E-state index < -0.39 is 0 Å². The maximum atomic E-state index is 5.24. The summed E-state index contributed by atoms with van der Waals surface area (Å²) in [6.45, 7) is 3.01. The molecule has 3 nitrogen and oxygen atoms in total. The second-order valence-corrected chi connectivity index (χ2v) is 2.85. The Bertz CT molecular complexity index is 197. The molecule has 0 amide bonds. The average Bonchev–Trinajstić information content (AvgIpc) is 2.22. The quantitative estimate of drug-likeness (QED) is 0.387. The first-order chi connectivity index (χ1) is 6.79. The molecule has 0 atom stereocenters. The molecule has 0 aliphatic rings. The van der Waals surface area contributed by atoms with Crippen LogP contribution < -0.4 is 5.32 Å². The fourth-order valence-corrected chi connectivity index (χ4v) is 1.10. The van der Waals surface area contributed by atoms with Crippen LogP contribution in [0, 0.1) is 0 Å². The van der Waals surface area contributed by atoms with Gasteiger partial charge >= 0.3 is 0 Å². The van der Waals surface area contributed by atoms with Crippen molar-refractivity contribution in [3.63, 3.8) is 0 Å². The maximum absolute atomic E-state index is 5.24. The summed E-state index contributed by atoms with van der Waals surface area (Å²) in [4.78, 5) is 0. The third kappa shape index (κ3) is 4.92. The van der Waals surface area contributed by atoms with Crippen LogP contribution in [0.15, 0.2) is 23.7 Å². The highest BCUT2D eigenvalue weighted by Crippen LogP contribution is 2.12. The zero-order chi connectivity index (χ0) is 10.8. The van der Waals surface area contributed by atoms with Crippen molar-refractivity contribution in [3.8, 4) is 0 Å². The Labute approximate surface area is 86.8 Å². The van der Waals surface area contributed by atoms with Crippen LogP contribution in [0.3, 0.4) is 0 Å². The number of allylic oxidation sites excluding steroid dienone is 1. The number of rotatable bonds is 7. The van der Waals surface area contributed by atoms with Gasteiger partial charge in [0.2, 0.25) is 0 Å². The minimum Gasteiger partial charge on any atom is -0.493 e. The van der Waals surface area contributed by atoms with E-state index in [9.17, 15) is 0 Å². The molecule has 0 bridgehead atoms. The fraction of sp³-hybridized carbons (Fsp3) is 0.636. The van der Waals surface area contributed by atoms with Gasteiger partial charge < -0.3 is 14.8 Å². The largest absolute Gasteiger partial charge is 0.493 e. The summed E-state index contributed by atoms with van der Waals surface area (Å²) >= 11 is 0. The van der Waals surface area contributed by atoms with E-state index in [2.05, 4.69) is 12.2 Å². The van der Waals surface area contributed by atoms with Gasteiger partial charge in [-0.2, -0.15) is 0 Å². The predicted octanol–water partition coefficient (Wildman–Crippen LogP) is 2.07. The van der Waals surface area contributed by atoms with Crippen molar-refractivity contribution in [2.45, 2.75) is 19.8 Å². The van der Waals surface area contributed by atoms with Gasteiger partial charge in [0.05, 0.1) is 14.2 Å². The van der Waals surface area contributed by atoms with Gasteiger partial charge in [-0.3, -0.25) is 0 Å². The Morgan fingerprint density at radius 2 is 1.71 bits per heavy atom. The minimum absolute atomic E-state index is 0.810. The third-order valence-electron chi connectivity index (χ3n) is 1.80. The van der Waals surface area contributed by atoms with Gasteiger partial charge in [0.25, 0.3) is 0 Å². The second-order valence-electron chi connectivity index (χ2n) is 2.85. The first-order valence-electron chi connectivity index (χ1n) is 4.93. The molecule has 0 radical (unpaired) electrons. The van der Waals surface area contributed by atoms with E-state index >= 15 is 0 Å². The van der Waals surface area contributed by atoms with Crippen molar-refractivity contribution in [3.05, 3.63) is 23.7 Å². The first kappa shape index (κ1) is 13.0. The van der Waals surface area contributed by atoms with E-state index in [0.717, 1.165) is 30.9 Å². The number of hydrogen-bond acceptors (Lipinski definition) is 3. The van der Waals surface area contributed by atoms with Crippen LogP contribution in [0.5, 0.6) is 0 Å². The van der Waals surface area contributed by atoms with Crippen LogP contribution in [0.4, 0.5) is 0 Å². The predicted molar refractivity (Wildman–Crippen MR) is 59.0 cm³/mol. The SMILES string of the molecule is CC/C=C(OC)\C(=C/CCNC)OC. The van der Waals surface area contributed by atoms with Crippen LogP contribution in [0.25, 0.3) is 0 Å². The van der Waals surface area contributed by atoms with Gasteiger partial charge in [-0.25, -0.2) is 0 Å². The van der Waals surface area contributed by atoms with Gasteiger partial charge in [-0.05, 0) is 38.6 Å². The molecule has 82 valence electrons. The monoisotopic (exact) mass is 199 g/mol. The Balaban J connectivity index is 4.35. The standard InChI is InChI=1S/C11H21NO2/c1-5-7-10(13-3)11(14-4)8-6-9-12-2/h7-8,12H,5-6,9H2,1-4H3/b10-7+,11-8+. The molecule has 0 aromatic heterocycles. The van der Waals surface area contributed by atoms with Crippen LogP contribution in [-0.4, -0.2) is 27.8 Å². The molecule has 0 unspecified atom stereocenters. The molecular formula is C11H21NO2. The molecule has 0 aromatic carbocycles. The summed E-state index contributed by atoms with van der Waals surface area (Å²) in [6.07, 6.45) is 5.91. The highest BCUT2D eigenvalue weighted by Gasteiger charge is 2.03. The van der Waals surface area contributed by atoms with Crippen LogP contribution in [0.1, 0.15) is 19.8 Å². The van der Waals surface area contributed by atoms with Crippen molar-refractivity contribution in [1.82, 2.24) is 5.32 Å². The van der Waals surface area contributed by atoms with Crippen molar-refractivity contribution in [1.29, 1.82) is 0 Å². The zero-order valence-corrected chi connectivity index (χ0v) is 9.59. The Morgan fingerprint density at radius 1 is 1.14 bits per heavy atom. The summed E-state index contributed by atoms with van der Waals surface area (Å²) in [5, 5.41) is 3.08. The smallest absolute Gasteiger partial charge is 0.156 e. The molecule has 0 rings (SSSR count). The summed E-state index contributed by atoms with van der Waals surface area (Å²) in [5.41, 5.74) is 0. The molecule has 0 saturated carbocycles. The van der Waals surface area contributed by atoms with Crippen molar-refractivity contribution in [2.75, 3.05) is 27.8 Å². The molecule has 14 heavy (non-hydrogen) atoms. The normalized spacial score (nSPS) is 12.9. The van der Waals surface area contributed by atoms with E-state index in [4.69, 9.17) is 9.47 Å². The van der Waals surface area contributed by atoms with Gasteiger partial charge in [-0.15, -0.1) is 0 Å². The molecular weight excluding hydrogens is 178 g/mol. The van der Waals surface area contributed by atoms with E-state index in [1.54, 1.807) is 14.2 Å². The number of ether oxygens (including phenoxy) is 2. The van der Waals surface area contributed by atoms with Gasteiger partial charge in [0.1, 0.15) is 0 Å². The average molecular weight is 199 g/mol. The lowest BCUT2D eigenvalue weighted by Crippen LogP contribution is -2.07. The van der Waals surface area contributed by atoms with E-state index in [1.807, 2.05) is 19.2 Å². The van der Waals surface area contributed by atoms with E-state index in [-0.39, 0.29) is 0 Å². The Kier molecular flexibility index (Phi) is 8.04. The lowest BCUT2D eigenvalue weighted by Gasteiger charge is -2.09. The molecule has 3 heteroatoms. The highest BCUT2D eigenvalue weighted by molar-refractivity contribution is 5.19. The van der Waals surface area contributed by atoms with Crippen molar-refractivity contribution >= 4 is 0 Å². The molecule has 1 N–H and O–H groups in total. The number of methoxy groups -OCH3 is 2. The number of nitrogens with one attached hydrogen (secondary N) is 1. The molecule has 0 fully saturated rings. The first-order valence-corrected chi connectivity index (χ1v) is 4.93. The highest BCUT2D eigenvalue weighted by atomic mass is 16.5. The van der Waals surface area contributed by atoms with Gasteiger partial charge in [0.15, 0.2) is 11.5 Å². The van der Waals surface area contributed by atoms with Gasteiger partial charge in [-0.1, -0.05) is 6.92 Å². The summed E-state index contributed by atoms with van der Waals surface area (Å²) < 4.78 is 10.5. The Morgan fingerprint density at radius 3 is 2.14 bits per heavy atom. The maximum Gasteiger partial charge on any atom is 0.156 e. The summed E-state index contributed by atoms with van der Waals surface area (Å²) in [6, 6.07) is 0. The summed E-state index contributed by atoms with van der Waals surface area (Å²) in [7, 11) is 5.25. The van der Waals surface area contributed by atoms with Crippen molar-refractivity contribution < 1.29 is 9.47 Å². The molecule has 0 spiro atoms. The zero-order valence-electron chi connectivity index (χ0n) is 9.59. The van der Waals surface area contributed by atoms with Crippen LogP contribution in [-0.2, 0) is 9.47 Å². The minimum atomic E-state index is 0.810. The van der Waals surface area contributed by atoms with Crippen LogP contribution in [0.2, 0.25) is 0 Å². The third-order valence-corrected chi connectivity index (χ3v) is 1.80. The van der Waals surface area contributed by atoms with E-state index in [0.29, 0.717) is 0 Å². The van der Waals surface area contributed by atoms with Crippen molar-refractivity contribution in [2.24, 2.45) is 0 Å². The summed E-state index contributed by atoms with van der Waals surface area (Å²) in [5.74, 6) is 1.62. The molecule has 0 aromatic rings. The second kappa shape index (κ2) is 8.63. The Hall–Kier alpha value is -0.960. The fourth-order valence-electron chi connectivity index (χ4n) is 1.10. The molecule has 0 heterocycles. The molecule has 0 saturated heterocycles. The topological polar surface area (TPSA) is 30.5 Å². The van der Waals surface area contributed by atoms with Gasteiger partial charge in [0, 0.05) is 0 Å². The molecule has 0 aliphatic carbocycles. The van der Waals surface area contributed by atoms with E-state index in [1.165, 1.54) is 0 Å². The van der Waals surface area contributed by atoms with Crippen LogP contribution >= 0.6 is 0 Å². The lowest BCUT2D eigenvalue weighted by atomic mass is 10.2. The lowest BCUT2D eigenvalue weighted by molar-refractivity contribution is 0.218.